The lowest BCUT2D eigenvalue weighted by Crippen LogP contribution is -2.52. The number of furan rings is 1. The van der Waals surface area contributed by atoms with E-state index in [2.05, 4.69) is 4.90 Å². The summed E-state index contributed by atoms with van der Waals surface area (Å²) in [7, 11) is 0. The first kappa shape index (κ1) is 15.7. The van der Waals surface area contributed by atoms with Crippen LogP contribution in [0.25, 0.3) is 0 Å². The van der Waals surface area contributed by atoms with Crippen LogP contribution in [0.15, 0.2) is 34.9 Å². The average Bonchev–Trinajstić information content (AvgIpc) is 3.27. The van der Waals surface area contributed by atoms with Crippen LogP contribution in [0.4, 0.5) is 4.79 Å². The van der Waals surface area contributed by atoms with Crippen molar-refractivity contribution in [3.63, 3.8) is 0 Å². The quantitative estimate of drug-likeness (QED) is 0.781. The SMILES string of the molecule is O=C1C2CN(Cc3ccc(Cl)s3)CCN2C(=O)N1Cc1ccco1. The molecule has 1 unspecified atom stereocenters. The Morgan fingerprint density at radius 3 is 2.79 bits per heavy atom. The molecule has 2 fully saturated rings. The number of carbonyl (C=O) groups is 2. The molecule has 0 radical (unpaired) electrons. The third kappa shape index (κ3) is 2.83. The van der Waals surface area contributed by atoms with Crippen LogP contribution < -0.4 is 0 Å². The normalized spacial score (nSPS) is 21.6. The predicted octanol–water partition coefficient (Wildman–Crippen LogP) is 2.64. The summed E-state index contributed by atoms with van der Waals surface area (Å²) in [6.07, 6.45) is 1.54. The molecule has 3 amide bonds. The van der Waals surface area contributed by atoms with Crippen LogP contribution in [0.5, 0.6) is 0 Å². The van der Waals surface area contributed by atoms with Crippen LogP contribution in [-0.4, -0.2) is 52.3 Å². The number of urea groups is 1. The maximum absolute atomic E-state index is 12.7. The topological polar surface area (TPSA) is 57.0 Å². The first-order valence-corrected chi connectivity index (χ1v) is 8.92. The third-order valence-electron chi connectivity index (χ3n) is 4.39. The van der Waals surface area contributed by atoms with Gasteiger partial charge in [-0.25, -0.2) is 4.79 Å². The number of thiophene rings is 1. The van der Waals surface area contributed by atoms with Crippen LogP contribution in [0.2, 0.25) is 4.34 Å². The van der Waals surface area contributed by atoms with E-state index in [4.69, 9.17) is 16.0 Å². The zero-order chi connectivity index (χ0) is 16.7. The summed E-state index contributed by atoms with van der Waals surface area (Å²) in [5, 5.41) is 0. The largest absolute Gasteiger partial charge is 0.467 e. The summed E-state index contributed by atoms with van der Waals surface area (Å²) >= 11 is 7.52. The van der Waals surface area contributed by atoms with Gasteiger partial charge < -0.3 is 9.32 Å². The molecule has 6 nitrogen and oxygen atoms in total. The standard InChI is InChI=1S/C16H16ClN3O3S/c17-14-4-3-12(24-14)9-18-5-6-19-13(10-18)15(21)20(16(19)22)8-11-2-1-7-23-11/h1-4,7,13H,5-6,8-10H2. The number of rotatable bonds is 4. The molecule has 24 heavy (non-hydrogen) atoms. The van der Waals surface area contributed by atoms with Crippen molar-refractivity contribution in [2.75, 3.05) is 19.6 Å². The highest BCUT2D eigenvalue weighted by atomic mass is 35.5. The number of imide groups is 1. The van der Waals surface area contributed by atoms with Crippen LogP contribution in [0, 0.1) is 0 Å². The summed E-state index contributed by atoms with van der Waals surface area (Å²) in [5.74, 6) is 0.465. The number of hydrogen-bond donors (Lipinski definition) is 0. The highest BCUT2D eigenvalue weighted by molar-refractivity contribution is 7.16. The van der Waals surface area contributed by atoms with Gasteiger partial charge in [-0.1, -0.05) is 11.6 Å². The van der Waals surface area contributed by atoms with Crippen LogP contribution in [-0.2, 0) is 17.9 Å². The van der Waals surface area contributed by atoms with Gasteiger partial charge in [0.05, 0.1) is 17.1 Å². The van der Waals surface area contributed by atoms with E-state index in [1.54, 1.807) is 34.6 Å². The number of nitrogens with zero attached hydrogens (tertiary/aromatic N) is 3. The van der Waals surface area contributed by atoms with E-state index in [0.717, 1.165) is 22.3 Å². The fourth-order valence-electron chi connectivity index (χ4n) is 3.21. The van der Waals surface area contributed by atoms with Crippen molar-refractivity contribution in [3.8, 4) is 0 Å². The Bertz CT molecular complexity index is 760. The van der Waals surface area contributed by atoms with Crippen molar-refractivity contribution >= 4 is 34.9 Å². The zero-order valence-corrected chi connectivity index (χ0v) is 14.4. The van der Waals surface area contributed by atoms with Gasteiger partial charge in [-0.2, -0.15) is 0 Å². The van der Waals surface area contributed by atoms with Gasteiger partial charge in [-0.3, -0.25) is 14.6 Å². The summed E-state index contributed by atoms with van der Waals surface area (Å²) in [5.41, 5.74) is 0. The molecule has 2 aliphatic rings. The van der Waals surface area contributed by atoms with Gasteiger partial charge in [0.1, 0.15) is 11.8 Å². The zero-order valence-electron chi connectivity index (χ0n) is 12.9. The second-order valence-corrected chi connectivity index (χ2v) is 7.74. The first-order chi connectivity index (χ1) is 11.6. The number of piperazine rings is 1. The van der Waals surface area contributed by atoms with Crippen LogP contribution in [0.3, 0.4) is 0 Å². The third-order valence-corrected chi connectivity index (χ3v) is 5.61. The Kier molecular flexibility index (Phi) is 4.07. The molecular weight excluding hydrogens is 350 g/mol. The lowest BCUT2D eigenvalue weighted by Gasteiger charge is -2.35. The van der Waals surface area contributed by atoms with Crippen molar-refractivity contribution in [1.82, 2.24) is 14.7 Å². The van der Waals surface area contributed by atoms with Gasteiger partial charge in [0, 0.05) is 31.1 Å². The smallest absolute Gasteiger partial charge is 0.327 e. The van der Waals surface area contributed by atoms with Crippen molar-refractivity contribution < 1.29 is 14.0 Å². The molecule has 4 heterocycles. The van der Waals surface area contributed by atoms with Crippen molar-refractivity contribution in [1.29, 1.82) is 0 Å². The molecule has 0 aliphatic carbocycles. The minimum Gasteiger partial charge on any atom is -0.467 e. The van der Waals surface area contributed by atoms with Crippen molar-refractivity contribution in [2.24, 2.45) is 0 Å². The van der Waals surface area contributed by atoms with Crippen molar-refractivity contribution in [2.45, 2.75) is 19.1 Å². The van der Waals surface area contributed by atoms with Gasteiger partial charge in [0.2, 0.25) is 0 Å². The highest BCUT2D eigenvalue weighted by Gasteiger charge is 2.47. The molecular formula is C16H16ClN3O3S. The maximum atomic E-state index is 12.7. The molecule has 4 rings (SSSR count). The van der Waals surface area contributed by atoms with E-state index in [-0.39, 0.29) is 18.5 Å². The van der Waals surface area contributed by atoms with E-state index in [9.17, 15) is 9.59 Å². The van der Waals surface area contributed by atoms with Gasteiger partial charge in [-0.15, -0.1) is 11.3 Å². The van der Waals surface area contributed by atoms with Crippen LogP contribution in [0.1, 0.15) is 10.6 Å². The number of hydrogen-bond acceptors (Lipinski definition) is 5. The van der Waals surface area contributed by atoms with E-state index in [1.807, 2.05) is 12.1 Å². The molecule has 2 aromatic rings. The van der Waals surface area contributed by atoms with Gasteiger partial charge in [-0.05, 0) is 24.3 Å². The van der Waals surface area contributed by atoms with Gasteiger partial charge in [0.15, 0.2) is 0 Å². The number of amides is 3. The van der Waals surface area contributed by atoms with E-state index in [1.165, 1.54) is 4.90 Å². The van der Waals surface area contributed by atoms with E-state index < -0.39 is 6.04 Å². The molecule has 1 atom stereocenters. The molecule has 0 aromatic carbocycles. The molecule has 2 aliphatic heterocycles. The second kappa shape index (κ2) is 6.23. The Morgan fingerprint density at radius 2 is 2.08 bits per heavy atom. The lowest BCUT2D eigenvalue weighted by atomic mass is 10.2. The lowest BCUT2D eigenvalue weighted by molar-refractivity contribution is -0.130. The molecule has 8 heteroatoms. The van der Waals surface area contributed by atoms with Gasteiger partial charge in [0.25, 0.3) is 5.91 Å². The summed E-state index contributed by atoms with van der Waals surface area (Å²) in [6.45, 7) is 2.80. The van der Waals surface area contributed by atoms with Crippen molar-refractivity contribution in [3.05, 3.63) is 45.5 Å². The molecule has 2 saturated heterocycles. The number of carbonyl (C=O) groups excluding carboxylic acids is 2. The van der Waals surface area contributed by atoms with E-state index >= 15 is 0 Å². The molecule has 126 valence electrons. The minimum atomic E-state index is -0.406. The molecule has 0 spiro atoms. The van der Waals surface area contributed by atoms with Crippen LogP contribution >= 0.6 is 22.9 Å². The summed E-state index contributed by atoms with van der Waals surface area (Å²) in [4.78, 5) is 31.5. The maximum Gasteiger partial charge on any atom is 0.327 e. The Labute approximate surface area is 148 Å². The highest BCUT2D eigenvalue weighted by Crippen LogP contribution is 2.27. The fraction of sp³-hybridized carbons (Fsp3) is 0.375. The second-order valence-electron chi connectivity index (χ2n) is 5.94. The fourth-order valence-corrected chi connectivity index (χ4v) is 4.34. The monoisotopic (exact) mass is 365 g/mol. The first-order valence-electron chi connectivity index (χ1n) is 7.73. The van der Waals surface area contributed by atoms with Gasteiger partial charge >= 0.3 is 6.03 Å². The minimum absolute atomic E-state index is 0.148. The number of halogens is 1. The molecule has 0 N–H and O–H groups in total. The predicted molar refractivity (Wildman–Crippen MR) is 89.8 cm³/mol. The number of fused-ring (bicyclic) bond motifs is 1. The summed E-state index contributed by atoms with van der Waals surface area (Å²) in [6, 6.07) is 6.78. The Hall–Kier alpha value is -1.83. The summed E-state index contributed by atoms with van der Waals surface area (Å²) < 4.78 is 6.03. The molecule has 2 aromatic heterocycles. The Balaban J connectivity index is 1.45. The average molecular weight is 366 g/mol. The molecule has 0 saturated carbocycles. The Morgan fingerprint density at radius 1 is 1.21 bits per heavy atom. The molecule has 0 bridgehead atoms. The van der Waals surface area contributed by atoms with E-state index in [0.29, 0.717) is 18.8 Å².